The lowest BCUT2D eigenvalue weighted by Crippen LogP contribution is -2.32. The number of carbonyl (C=O) groups excluding carboxylic acids is 1. The number of hydrogen-bond acceptors (Lipinski definition) is 4. The van der Waals surface area contributed by atoms with E-state index in [1.807, 2.05) is 4.72 Å². The molecule has 0 bridgehead atoms. The average Bonchev–Trinajstić information content (AvgIpc) is 2.36. The number of benzene rings is 1. The Morgan fingerprint density at radius 2 is 2.16 bits per heavy atom. The van der Waals surface area contributed by atoms with Crippen LogP contribution in [0.5, 0.6) is 0 Å². The number of halogens is 1. The van der Waals surface area contributed by atoms with Crippen LogP contribution in [-0.4, -0.2) is 31.6 Å². The highest BCUT2D eigenvalue weighted by atomic mass is 35.5. The quantitative estimate of drug-likeness (QED) is 0.845. The van der Waals surface area contributed by atoms with Gasteiger partial charge in [0.25, 0.3) is 0 Å². The molecule has 0 saturated heterocycles. The normalized spacial score (nSPS) is 17.2. The van der Waals surface area contributed by atoms with Crippen LogP contribution in [0.25, 0.3) is 0 Å². The minimum Gasteiger partial charge on any atom is -0.388 e. The first-order chi connectivity index (χ1) is 8.91. The Bertz CT molecular complexity index is 694. The van der Waals surface area contributed by atoms with Gasteiger partial charge in [-0.05, 0) is 18.2 Å². The van der Waals surface area contributed by atoms with E-state index in [4.69, 9.17) is 16.7 Å². The maximum absolute atomic E-state index is 11.5. The average molecular weight is 301 g/mol. The summed E-state index contributed by atoms with van der Waals surface area (Å²) in [5, 5.41) is 9.19. The molecule has 0 fully saturated rings. The van der Waals surface area contributed by atoms with E-state index in [1.54, 1.807) is 18.2 Å². The van der Waals surface area contributed by atoms with Crippen LogP contribution in [0.2, 0.25) is 5.02 Å². The zero-order chi connectivity index (χ0) is 14.0. The lowest BCUT2D eigenvalue weighted by Gasteiger charge is -2.14. The molecule has 1 aromatic carbocycles. The number of nitrogens with zero attached hydrogens (tertiary/aromatic N) is 1. The number of aliphatic hydroxyl groups is 1. The SMILES string of the molecule is O=C(CO)C1=CC(c2cccc(Cl)c2)=NS(=O)(=O)N1. The van der Waals surface area contributed by atoms with Crippen molar-refractivity contribution in [2.24, 2.45) is 4.40 Å². The Hall–Kier alpha value is -1.70. The fourth-order valence-corrected chi connectivity index (χ4v) is 2.59. The predicted octanol–water partition coefficient (Wildman–Crippen LogP) is 0.422. The molecule has 0 amide bonds. The van der Waals surface area contributed by atoms with Crippen LogP contribution >= 0.6 is 11.6 Å². The molecular formula is C11H9ClN2O4S. The van der Waals surface area contributed by atoms with Gasteiger partial charge in [0.2, 0.25) is 5.78 Å². The summed E-state index contributed by atoms with van der Waals surface area (Å²) in [6.45, 7) is -0.794. The smallest absolute Gasteiger partial charge is 0.342 e. The van der Waals surface area contributed by atoms with Crippen molar-refractivity contribution in [2.75, 3.05) is 6.61 Å². The molecule has 1 aliphatic rings. The number of nitrogens with one attached hydrogen (secondary N) is 1. The summed E-state index contributed by atoms with van der Waals surface area (Å²) in [4.78, 5) is 11.4. The molecule has 1 aromatic rings. The minimum atomic E-state index is -4.00. The zero-order valence-corrected chi connectivity index (χ0v) is 11.1. The molecule has 2 N–H and O–H groups in total. The summed E-state index contributed by atoms with van der Waals surface area (Å²) >= 11 is 5.81. The highest BCUT2D eigenvalue weighted by Gasteiger charge is 2.22. The topological polar surface area (TPSA) is 95.8 Å². The van der Waals surface area contributed by atoms with Crippen molar-refractivity contribution < 1.29 is 18.3 Å². The number of allylic oxidation sites excluding steroid dienone is 1. The van der Waals surface area contributed by atoms with Crippen LogP contribution in [0.15, 0.2) is 40.4 Å². The van der Waals surface area contributed by atoms with Crippen molar-refractivity contribution in [1.29, 1.82) is 0 Å². The lowest BCUT2D eigenvalue weighted by atomic mass is 10.1. The number of carbonyl (C=O) groups is 1. The van der Waals surface area contributed by atoms with E-state index in [0.717, 1.165) is 0 Å². The number of Topliss-reactive ketones (excluding diaryl/α,β-unsaturated/α-hetero) is 1. The molecule has 0 unspecified atom stereocenters. The molecular weight excluding hydrogens is 292 g/mol. The molecule has 0 aliphatic carbocycles. The number of hydrogen-bond donors (Lipinski definition) is 2. The van der Waals surface area contributed by atoms with Gasteiger partial charge in [0.1, 0.15) is 6.61 Å². The van der Waals surface area contributed by atoms with Gasteiger partial charge < -0.3 is 5.11 Å². The second-order valence-electron chi connectivity index (χ2n) is 3.70. The van der Waals surface area contributed by atoms with E-state index in [2.05, 4.69) is 4.40 Å². The van der Waals surface area contributed by atoms with Crippen molar-refractivity contribution >= 4 is 33.3 Å². The third-order valence-electron chi connectivity index (χ3n) is 2.30. The molecule has 100 valence electrons. The molecule has 2 rings (SSSR count). The van der Waals surface area contributed by atoms with Crippen molar-refractivity contribution in [3.05, 3.63) is 46.6 Å². The Morgan fingerprint density at radius 3 is 2.79 bits per heavy atom. The van der Waals surface area contributed by atoms with Crippen LogP contribution in [0.1, 0.15) is 5.56 Å². The summed E-state index contributed by atoms with van der Waals surface area (Å²) < 4.78 is 28.5. The number of rotatable bonds is 3. The standard InChI is InChI=1S/C11H9ClN2O4S/c12-8-3-1-2-7(4-8)9-5-10(11(16)6-15)14-19(17,18)13-9/h1-5,14-15H,6H2. The Morgan fingerprint density at radius 1 is 1.42 bits per heavy atom. The van der Waals surface area contributed by atoms with E-state index in [1.165, 1.54) is 12.1 Å². The number of aliphatic hydroxyl groups excluding tert-OH is 1. The summed E-state index contributed by atoms with van der Waals surface area (Å²) in [6.07, 6.45) is 1.26. The van der Waals surface area contributed by atoms with Gasteiger partial charge in [-0.3, -0.25) is 9.52 Å². The second kappa shape index (κ2) is 5.12. The fraction of sp³-hybridized carbons (Fsp3) is 0.0909. The first-order valence-corrected chi connectivity index (χ1v) is 6.97. The summed E-state index contributed by atoms with van der Waals surface area (Å²) in [5.41, 5.74) is 0.311. The van der Waals surface area contributed by atoms with Crippen LogP contribution in [0.3, 0.4) is 0 Å². The van der Waals surface area contributed by atoms with E-state index in [-0.39, 0.29) is 11.4 Å². The molecule has 0 atom stereocenters. The maximum Gasteiger partial charge on any atom is 0.342 e. The Kier molecular flexibility index (Phi) is 3.70. The Balaban J connectivity index is 2.52. The molecule has 6 nitrogen and oxygen atoms in total. The van der Waals surface area contributed by atoms with Gasteiger partial charge in [0.15, 0.2) is 0 Å². The maximum atomic E-state index is 11.5. The second-order valence-corrected chi connectivity index (χ2v) is 5.48. The first-order valence-electron chi connectivity index (χ1n) is 5.16. The molecule has 1 aliphatic heterocycles. The minimum absolute atomic E-state index is 0.0815. The van der Waals surface area contributed by atoms with Crippen LogP contribution in [-0.2, 0) is 15.0 Å². The molecule has 8 heteroatoms. The van der Waals surface area contributed by atoms with E-state index in [0.29, 0.717) is 10.6 Å². The van der Waals surface area contributed by atoms with Crippen molar-refractivity contribution in [1.82, 2.24) is 4.72 Å². The number of ketones is 1. The van der Waals surface area contributed by atoms with Gasteiger partial charge in [-0.1, -0.05) is 23.7 Å². The van der Waals surface area contributed by atoms with Gasteiger partial charge in [-0.25, -0.2) is 0 Å². The molecule has 0 saturated carbocycles. The highest BCUT2D eigenvalue weighted by molar-refractivity contribution is 7.88. The van der Waals surface area contributed by atoms with Gasteiger partial charge >= 0.3 is 10.2 Å². The van der Waals surface area contributed by atoms with Gasteiger partial charge in [0, 0.05) is 10.6 Å². The van der Waals surface area contributed by atoms with E-state index >= 15 is 0 Å². The van der Waals surface area contributed by atoms with Crippen LogP contribution in [0, 0.1) is 0 Å². The Labute approximate surface area is 114 Å². The van der Waals surface area contributed by atoms with Gasteiger partial charge in [-0.15, -0.1) is 4.40 Å². The molecule has 1 heterocycles. The lowest BCUT2D eigenvalue weighted by molar-refractivity contribution is -0.118. The highest BCUT2D eigenvalue weighted by Crippen LogP contribution is 2.16. The van der Waals surface area contributed by atoms with Gasteiger partial charge in [-0.2, -0.15) is 8.42 Å². The van der Waals surface area contributed by atoms with Gasteiger partial charge in [0.05, 0.1) is 11.4 Å². The third kappa shape index (κ3) is 3.19. The summed E-state index contributed by atoms with van der Waals surface area (Å²) in [5.74, 6) is -0.738. The molecule has 0 radical (unpaired) electrons. The fourth-order valence-electron chi connectivity index (χ4n) is 1.49. The van der Waals surface area contributed by atoms with Crippen molar-refractivity contribution in [3.63, 3.8) is 0 Å². The van der Waals surface area contributed by atoms with Crippen LogP contribution < -0.4 is 4.72 Å². The zero-order valence-electron chi connectivity index (χ0n) is 9.50. The first kappa shape index (κ1) is 13.7. The molecule has 0 spiro atoms. The predicted molar refractivity (Wildman–Crippen MR) is 70.2 cm³/mol. The third-order valence-corrected chi connectivity index (χ3v) is 3.45. The largest absolute Gasteiger partial charge is 0.388 e. The van der Waals surface area contributed by atoms with Crippen molar-refractivity contribution in [2.45, 2.75) is 0 Å². The van der Waals surface area contributed by atoms with Crippen molar-refractivity contribution in [3.8, 4) is 0 Å². The monoisotopic (exact) mass is 300 g/mol. The molecule has 19 heavy (non-hydrogen) atoms. The van der Waals surface area contributed by atoms with Crippen LogP contribution in [0.4, 0.5) is 0 Å². The van der Waals surface area contributed by atoms with E-state index < -0.39 is 22.6 Å². The molecule has 0 aromatic heterocycles. The summed E-state index contributed by atoms with van der Waals surface area (Å²) in [6, 6.07) is 6.41. The summed E-state index contributed by atoms with van der Waals surface area (Å²) in [7, 11) is -4.00. The van der Waals surface area contributed by atoms with E-state index in [9.17, 15) is 13.2 Å².